The number of hydrogen-bond acceptors (Lipinski definition) is 5. The monoisotopic (exact) mass is 340 g/mol. The van der Waals surface area contributed by atoms with Gasteiger partial charge < -0.3 is 4.90 Å². The molecule has 0 N–H and O–H groups in total. The van der Waals surface area contributed by atoms with Gasteiger partial charge in [0.15, 0.2) is 5.82 Å². The quantitative estimate of drug-likeness (QED) is 0.848. The van der Waals surface area contributed by atoms with Crippen LogP contribution in [-0.2, 0) is 4.79 Å². The van der Waals surface area contributed by atoms with Crippen LogP contribution in [0.5, 0.6) is 0 Å². The van der Waals surface area contributed by atoms with Crippen molar-refractivity contribution in [3.8, 4) is 5.82 Å². The molecule has 2 aromatic heterocycles. The van der Waals surface area contributed by atoms with Crippen LogP contribution in [0.2, 0.25) is 0 Å². The zero-order valence-electron chi connectivity index (χ0n) is 14.6. The lowest BCUT2D eigenvalue weighted by molar-refractivity contribution is -0.133. The molecule has 1 unspecified atom stereocenters. The van der Waals surface area contributed by atoms with Crippen LogP contribution in [0.4, 0.5) is 0 Å². The van der Waals surface area contributed by atoms with E-state index in [0.717, 1.165) is 49.8 Å². The van der Waals surface area contributed by atoms with Crippen molar-refractivity contribution in [3.05, 3.63) is 36.3 Å². The number of hydrogen-bond donors (Lipinski definition) is 0. The summed E-state index contributed by atoms with van der Waals surface area (Å²) in [6.07, 6.45) is 11.5. The lowest BCUT2D eigenvalue weighted by atomic mass is 10.1. The van der Waals surface area contributed by atoms with Gasteiger partial charge in [0.05, 0.1) is 30.7 Å². The molecule has 4 rings (SSSR count). The van der Waals surface area contributed by atoms with Gasteiger partial charge in [-0.2, -0.15) is 0 Å². The van der Waals surface area contributed by atoms with E-state index in [1.807, 2.05) is 22.6 Å². The van der Waals surface area contributed by atoms with Gasteiger partial charge in [-0.25, -0.2) is 9.97 Å². The minimum Gasteiger partial charge on any atom is -0.333 e. The number of aryl methyl sites for hydroxylation is 1. The number of carbonyl (C=O) groups excluding carboxylic acids is 1. The van der Waals surface area contributed by atoms with E-state index < -0.39 is 0 Å². The minimum atomic E-state index is 0.0337. The van der Waals surface area contributed by atoms with E-state index in [-0.39, 0.29) is 11.9 Å². The third kappa shape index (κ3) is 3.28. The first-order valence-electron chi connectivity index (χ1n) is 9.06. The molecular weight excluding hydrogens is 316 g/mol. The Bertz CT molecular complexity index is 752. The molecule has 0 bridgehead atoms. The molecule has 2 fully saturated rings. The Morgan fingerprint density at radius 3 is 2.80 bits per heavy atom. The first kappa shape index (κ1) is 16.2. The lowest BCUT2D eigenvalue weighted by Gasteiger charge is -2.26. The van der Waals surface area contributed by atoms with Crippen molar-refractivity contribution >= 4 is 5.91 Å². The third-order valence-corrected chi connectivity index (χ3v) is 5.19. The molecular formula is C18H24N6O. The Hall–Kier alpha value is -2.28. The second kappa shape index (κ2) is 6.92. The smallest absolute Gasteiger partial charge is 0.237 e. The zero-order valence-corrected chi connectivity index (χ0v) is 14.6. The fourth-order valence-corrected chi connectivity index (χ4v) is 3.86. The van der Waals surface area contributed by atoms with Crippen LogP contribution in [0, 0.1) is 6.92 Å². The summed E-state index contributed by atoms with van der Waals surface area (Å²) < 4.78 is 1.92. The Morgan fingerprint density at radius 1 is 1.20 bits per heavy atom. The van der Waals surface area contributed by atoms with Crippen molar-refractivity contribution in [2.24, 2.45) is 0 Å². The first-order chi connectivity index (χ1) is 12.2. The minimum absolute atomic E-state index is 0.0337. The molecule has 0 radical (unpaired) electrons. The number of rotatable bonds is 4. The van der Waals surface area contributed by atoms with E-state index in [0.29, 0.717) is 6.54 Å². The summed E-state index contributed by atoms with van der Waals surface area (Å²) in [5.74, 6) is 1.85. The molecule has 0 spiro atoms. The SMILES string of the molecule is Cc1nccn1-c1cncc(C2CCCN2C(=O)CN2CCCC2)n1. The summed E-state index contributed by atoms with van der Waals surface area (Å²) in [5, 5.41) is 0. The van der Waals surface area contributed by atoms with E-state index >= 15 is 0 Å². The second-order valence-corrected chi connectivity index (χ2v) is 6.88. The van der Waals surface area contributed by atoms with Gasteiger partial charge in [0, 0.05) is 18.9 Å². The van der Waals surface area contributed by atoms with E-state index in [1.165, 1.54) is 12.8 Å². The normalized spacial score (nSPS) is 21.2. The van der Waals surface area contributed by atoms with Crippen molar-refractivity contribution in [3.63, 3.8) is 0 Å². The van der Waals surface area contributed by atoms with Gasteiger partial charge in [0.1, 0.15) is 5.82 Å². The van der Waals surface area contributed by atoms with E-state index in [9.17, 15) is 4.79 Å². The topological polar surface area (TPSA) is 67.2 Å². The molecule has 2 aromatic rings. The average molecular weight is 340 g/mol. The molecule has 2 aliphatic rings. The Balaban J connectivity index is 1.54. The highest BCUT2D eigenvalue weighted by Gasteiger charge is 2.32. The molecule has 2 aliphatic heterocycles. The molecule has 132 valence electrons. The van der Waals surface area contributed by atoms with Crippen LogP contribution >= 0.6 is 0 Å². The van der Waals surface area contributed by atoms with Gasteiger partial charge in [-0.05, 0) is 45.7 Å². The summed E-state index contributed by atoms with van der Waals surface area (Å²) in [7, 11) is 0. The molecule has 1 atom stereocenters. The van der Waals surface area contributed by atoms with Crippen LogP contribution in [0.15, 0.2) is 24.8 Å². The molecule has 2 saturated heterocycles. The van der Waals surface area contributed by atoms with Crippen LogP contribution in [0.3, 0.4) is 0 Å². The summed E-state index contributed by atoms with van der Waals surface area (Å²) in [5.41, 5.74) is 0.873. The van der Waals surface area contributed by atoms with E-state index in [2.05, 4.69) is 14.9 Å². The highest BCUT2D eigenvalue weighted by molar-refractivity contribution is 5.79. The largest absolute Gasteiger partial charge is 0.333 e. The Kier molecular flexibility index (Phi) is 4.48. The third-order valence-electron chi connectivity index (χ3n) is 5.19. The Labute approximate surface area is 147 Å². The van der Waals surface area contributed by atoms with Gasteiger partial charge in [-0.1, -0.05) is 0 Å². The van der Waals surface area contributed by atoms with E-state index in [1.54, 1.807) is 18.6 Å². The summed E-state index contributed by atoms with van der Waals surface area (Å²) in [6, 6.07) is 0.0337. The highest BCUT2D eigenvalue weighted by atomic mass is 16.2. The summed E-state index contributed by atoms with van der Waals surface area (Å²) in [4.78, 5) is 30.4. The number of carbonyl (C=O) groups is 1. The number of amides is 1. The van der Waals surface area contributed by atoms with Crippen molar-refractivity contribution in [2.45, 2.75) is 38.6 Å². The van der Waals surface area contributed by atoms with Crippen LogP contribution in [-0.4, -0.2) is 61.4 Å². The number of imidazole rings is 1. The summed E-state index contributed by atoms with van der Waals surface area (Å²) >= 11 is 0. The zero-order chi connectivity index (χ0) is 17.2. The maximum Gasteiger partial charge on any atom is 0.237 e. The molecule has 7 nitrogen and oxygen atoms in total. The predicted octanol–water partition coefficient (Wildman–Crippen LogP) is 1.73. The molecule has 1 amide bonds. The van der Waals surface area contributed by atoms with Gasteiger partial charge in [-0.15, -0.1) is 0 Å². The molecule has 0 aliphatic carbocycles. The fraction of sp³-hybridized carbons (Fsp3) is 0.556. The second-order valence-electron chi connectivity index (χ2n) is 6.88. The van der Waals surface area contributed by atoms with Gasteiger partial charge in [-0.3, -0.25) is 19.2 Å². The van der Waals surface area contributed by atoms with Crippen molar-refractivity contribution in [1.29, 1.82) is 0 Å². The predicted molar refractivity (Wildman–Crippen MR) is 93.3 cm³/mol. The molecule has 25 heavy (non-hydrogen) atoms. The Morgan fingerprint density at radius 2 is 2.04 bits per heavy atom. The molecule has 0 saturated carbocycles. The van der Waals surface area contributed by atoms with Gasteiger partial charge in [0.25, 0.3) is 0 Å². The maximum atomic E-state index is 12.8. The van der Waals surface area contributed by atoms with Crippen LogP contribution in [0.1, 0.15) is 43.2 Å². The fourth-order valence-electron chi connectivity index (χ4n) is 3.86. The van der Waals surface area contributed by atoms with Crippen LogP contribution < -0.4 is 0 Å². The lowest BCUT2D eigenvalue weighted by Crippen LogP contribution is -2.39. The number of aromatic nitrogens is 4. The molecule has 7 heteroatoms. The number of likely N-dealkylation sites (tertiary alicyclic amines) is 2. The van der Waals surface area contributed by atoms with E-state index in [4.69, 9.17) is 4.98 Å². The standard InChI is InChI=1S/C18H24N6O/c1-14-20-6-10-23(14)17-12-19-11-15(21-17)16-5-4-9-24(16)18(25)13-22-7-2-3-8-22/h6,10-12,16H,2-5,7-9,13H2,1H3. The first-order valence-corrected chi connectivity index (χ1v) is 9.06. The number of nitrogens with zero attached hydrogens (tertiary/aromatic N) is 6. The summed E-state index contributed by atoms with van der Waals surface area (Å²) in [6.45, 7) is 5.37. The van der Waals surface area contributed by atoms with Gasteiger partial charge >= 0.3 is 0 Å². The maximum absolute atomic E-state index is 12.8. The highest BCUT2D eigenvalue weighted by Crippen LogP contribution is 2.31. The van der Waals surface area contributed by atoms with Crippen molar-refractivity contribution in [2.75, 3.05) is 26.2 Å². The van der Waals surface area contributed by atoms with Crippen molar-refractivity contribution < 1.29 is 4.79 Å². The average Bonchev–Trinajstić information content (AvgIpc) is 3.36. The van der Waals surface area contributed by atoms with Gasteiger partial charge in [0.2, 0.25) is 5.91 Å². The molecule has 0 aromatic carbocycles. The van der Waals surface area contributed by atoms with Crippen molar-refractivity contribution in [1.82, 2.24) is 29.3 Å². The molecule has 4 heterocycles. The van der Waals surface area contributed by atoms with Crippen LogP contribution in [0.25, 0.3) is 5.82 Å².